The minimum atomic E-state index is -0.945. The van der Waals surface area contributed by atoms with E-state index in [0.717, 1.165) is 5.56 Å². The molecule has 0 aliphatic heterocycles. The second-order valence-electron chi connectivity index (χ2n) is 3.15. The molecule has 1 aromatic heterocycles. The molecule has 76 valence electrons. The van der Waals surface area contributed by atoms with Crippen LogP contribution in [0.1, 0.15) is 10.4 Å². The monoisotopic (exact) mass is 203 g/mol. The number of carboxylic acids is 1. The number of hydrogen-bond donors (Lipinski definition) is 1. The van der Waals surface area contributed by atoms with Crippen LogP contribution in [0.3, 0.4) is 0 Å². The Labute approximate surface area is 86.0 Å². The molecule has 0 amide bonds. The number of rotatable bonds is 2. The Bertz CT molecular complexity index is 505. The van der Waals surface area contributed by atoms with Gasteiger partial charge in [-0.2, -0.15) is 0 Å². The van der Waals surface area contributed by atoms with E-state index in [-0.39, 0.29) is 5.56 Å². The Morgan fingerprint density at radius 2 is 2.27 bits per heavy atom. The lowest BCUT2D eigenvalue weighted by Gasteiger charge is -2.01. The largest absolute Gasteiger partial charge is 0.478 e. The fourth-order valence-corrected chi connectivity index (χ4v) is 1.34. The van der Waals surface area contributed by atoms with E-state index in [4.69, 9.17) is 5.11 Å². The van der Waals surface area contributed by atoms with Gasteiger partial charge in [0.05, 0.1) is 5.56 Å². The highest BCUT2D eigenvalue weighted by Crippen LogP contribution is 2.16. The number of aromatic carboxylic acids is 1. The van der Waals surface area contributed by atoms with Crippen molar-refractivity contribution in [1.82, 2.24) is 14.8 Å². The van der Waals surface area contributed by atoms with Crippen molar-refractivity contribution in [3.63, 3.8) is 0 Å². The van der Waals surface area contributed by atoms with Crippen LogP contribution >= 0.6 is 0 Å². The van der Waals surface area contributed by atoms with Crippen LogP contribution in [-0.4, -0.2) is 25.8 Å². The Morgan fingerprint density at radius 3 is 2.87 bits per heavy atom. The van der Waals surface area contributed by atoms with Crippen LogP contribution in [0.25, 0.3) is 11.4 Å². The zero-order chi connectivity index (χ0) is 10.8. The third-order valence-electron chi connectivity index (χ3n) is 2.08. The van der Waals surface area contributed by atoms with E-state index < -0.39 is 5.97 Å². The second-order valence-corrected chi connectivity index (χ2v) is 3.15. The minimum absolute atomic E-state index is 0.246. The minimum Gasteiger partial charge on any atom is -0.478 e. The molecule has 5 heteroatoms. The first-order chi connectivity index (χ1) is 7.18. The highest BCUT2D eigenvalue weighted by Gasteiger charge is 2.07. The van der Waals surface area contributed by atoms with Crippen LogP contribution in [0.15, 0.2) is 30.6 Å². The number of carbonyl (C=O) groups is 1. The van der Waals surface area contributed by atoms with E-state index in [2.05, 4.69) is 10.2 Å². The van der Waals surface area contributed by atoms with E-state index in [9.17, 15) is 4.79 Å². The van der Waals surface area contributed by atoms with Crippen molar-refractivity contribution in [1.29, 1.82) is 0 Å². The average molecular weight is 203 g/mol. The fraction of sp³-hybridized carbons (Fsp3) is 0.100. The quantitative estimate of drug-likeness (QED) is 0.795. The maximum Gasteiger partial charge on any atom is 0.335 e. The molecule has 2 aromatic rings. The molecule has 15 heavy (non-hydrogen) atoms. The first-order valence-corrected chi connectivity index (χ1v) is 4.36. The maximum atomic E-state index is 10.8. The van der Waals surface area contributed by atoms with Gasteiger partial charge in [-0.3, -0.25) is 0 Å². The van der Waals surface area contributed by atoms with Gasteiger partial charge < -0.3 is 9.67 Å². The summed E-state index contributed by atoms with van der Waals surface area (Å²) in [4.78, 5) is 10.8. The molecule has 1 heterocycles. The van der Waals surface area contributed by atoms with E-state index in [1.54, 1.807) is 35.2 Å². The summed E-state index contributed by atoms with van der Waals surface area (Å²) >= 11 is 0. The highest BCUT2D eigenvalue weighted by molar-refractivity contribution is 5.89. The SMILES string of the molecule is Cn1cnnc1-c1cccc(C(=O)O)c1. The Hall–Kier alpha value is -2.17. The number of carboxylic acid groups (broad SMARTS) is 1. The summed E-state index contributed by atoms with van der Waals surface area (Å²) < 4.78 is 1.74. The molecule has 1 N–H and O–H groups in total. The molecular formula is C10H9N3O2. The van der Waals surface area contributed by atoms with Crippen molar-refractivity contribution in [3.05, 3.63) is 36.2 Å². The molecule has 0 aliphatic rings. The summed E-state index contributed by atoms with van der Waals surface area (Å²) in [5.41, 5.74) is 0.991. The summed E-state index contributed by atoms with van der Waals surface area (Å²) in [5, 5.41) is 16.5. The number of benzene rings is 1. The Balaban J connectivity index is 2.50. The normalized spacial score (nSPS) is 10.2. The van der Waals surface area contributed by atoms with Gasteiger partial charge in [-0.1, -0.05) is 12.1 Å². The third-order valence-corrected chi connectivity index (χ3v) is 2.08. The Kier molecular flexibility index (Phi) is 2.21. The molecule has 0 radical (unpaired) electrons. The Morgan fingerprint density at radius 1 is 1.47 bits per heavy atom. The summed E-state index contributed by atoms with van der Waals surface area (Å²) in [5.74, 6) is -0.294. The molecule has 0 unspecified atom stereocenters. The van der Waals surface area contributed by atoms with Crippen molar-refractivity contribution >= 4 is 5.97 Å². The molecule has 1 aromatic carbocycles. The van der Waals surface area contributed by atoms with E-state index in [1.165, 1.54) is 0 Å². The van der Waals surface area contributed by atoms with Crippen molar-refractivity contribution in [3.8, 4) is 11.4 Å². The molecule has 0 atom stereocenters. The standard InChI is InChI=1S/C10H9N3O2/c1-13-6-11-12-9(13)7-3-2-4-8(5-7)10(14)15/h2-6H,1H3,(H,14,15). The van der Waals surface area contributed by atoms with E-state index in [0.29, 0.717) is 5.82 Å². The van der Waals surface area contributed by atoms with Crippen LogP contribution in [0.2, 0.25) is 0 Å². The van der Waals surface area contributed by atoms with Crippen LogP contribution in [0.5, 0.6) is 0 Å². The summed E-state index contributed by atoms with van der Waals surface area (Å²) in [6.45, 7) is 0. The molecule has 0 fully saturated rings. The summed E-state index contributed by atoms with van der Waals surface area (Å²) in [7, 11) is 1.81. The van der Waals surface area contributed by atoms with Gasteiger partial charge in [0.25, 0.3) is 0 Å². The van der Waals surface area contributed by atoms with Crippen LogP contribution in [0.4, 0.5) is 0 Å². The lowest BCUT2D eigenvalue weighted by molar-refractivity contribution is 0.0697. The van der Waals surface area contributed by atoms with Gasteiger partial charge in [0.15, 0.2) is 5.82 Å². The smallest absolute Gasteiger partial charge is 0.335 e. The molecule has 0 spiro atoms. The van der Waals surface area contributed by atoms with Crippen molar-refractivity contribution < 1.29 is 9.90 Å². The zero-order valence-corrected chi connectivity index (χ0v) is 8.08. The van der Waals surface area contributed by atoms with Gasteiger partial charge in [0, 0.05) is 12.6 Å². The van der Waals surface area contributed by atoms with Gasteiger partial charge in [-0.05, 0) is 12.1 Å². The van der Waals surface area contributed by atoms with Gasteiger partial charge in [0.2, 0.25) is 0 Å². The zero-order valence-electron chi connectivity index (χ0n) is 8.08. The lowest BCUT2D eigenvalue weighted by atomic mass is 10.1. The molecule has 0 aliphatic carbocycles. The number of hydrogen-bond acceptors (Lipinski definition) is 3. The van der Waals surface area contributed by atoms with E-state index in [1.807, 2.05) is 7.05 Å². The van der Waals surface area contributed by atoms with Crippen LogP contribution in [-0.2, 0) is 7.05 Å². The molecule has 5 nitrogen and oxygen atoms in total. The first kappa shape index (κ1) is 9.39. The third kappa shape index (κ3) is 1.71. The lowest BCUT2D eigenvalue weighted by Crippen LogP contribution is -1.97. The average Bonchev–Trinajstić information content (AvgIpc) is 2.64. The fourth-order valence-electron chi connectivity index (χ4n) is 1.34. The molecule has 0 saturated carbocycles. The molecular weight excluding hydrogens is 194 g/mol. The topological polar surface area (TPSA) is 68.0 Å². The second kappa shape index (κ2) is 3.53. The summed E-state index contributed by atoms with van der Waals surface area (Å²) in [6, 6.07) is 6.61. The van der Waals surface area contributed by atoms with Gasteiger partial charge in [0.1, 0.15) is 6.33 Å². The van der Waals surface area contributed by atoms with Crippen LogP contribution < -0.4 is 0 Å². The van der Waals surface area contributed by atoms with Gasteiger partial charge in [-0.25, -0.2) is 4.79 Å². The van der Waals surface area contributed by atoms with Gasteiger partial charge in [-0.15, -0.1) is 10.2 Å². The predicted molar refractivity (Wildman–Crippen MR) is 53.4 cm³/mol. The van der Waals surface area contributed by atoms with Crippen molar-refractivity contribution in [2.24, 2.45) is 7.05 Å². The van der Waals surface area contributed by atoms with Crippen molar-refractivity contribution in [2.45, 2.75) is 0 Å². The van der Waals surface area contributed by atoms with Crippen LogP contribution in [0, 0.1) is 0 Å². The van der Waals surface area contributed by atoms with Gasteiger partial charge >= 0.3 is 5.97 Å². The molecule has 0 saturated heterocycles. The molecule has 0 bridgehead atoms. The highest BCUT2D eigenvalue weighted by atomic mass is 16.4. The number of aromatic nitrogens is 3. The first-order valence-electron chi connectivity index (χ1n) is 4.36. The summed E-state index contributed by atoms with van der Waals surface area (Å²) in [6.07, 6.45) is 1.57. The maximum absolute atomic E-state index is 10.8. The number of nitrogens with zero attached hydrogens (tertiary/aromatic N) is 3. The predicted octanol–water partition coefficient (Wildman–Crippen LogP) is 1.18. The number of aryl methyl sites for hydroxylation is 1. The van der Waals surface area contributed by atoms with Crippen molar-refractivity contribution in [2.75, 3.05) is 0 Å². The molecule has 2 rings (SSSR count). The van der Waals surface area contributed by atoms with E-state index >= 15 is 0 Å².